The number of carbonyl (C=O) groups excluding carboxylic acids is 2. The van der Waals surface area contributed by atoms with Gasteiger partial charge in [-0.1, -0.05) is 0 Å². The van der Waals surface area contributed by atoms with Crippen LogP contribution >= 0.6 is 0 Å². The first-order valence-electron chi connectivity index (χ1n) is 11.4. The van der Waals surface area contributed by atoms with Crippen molar-refractivity contribution in [2.45, 2.75) is 25.8 Å². The van der Waals surface area contributed by atoms with Gasteiger partial charge in [-0.2, -0.15) is 0 Å². The minimum Gasteiger partial charge on any atom is -0.487 e. The van der Waals surface area contributed by atoms with Gasteiger partial charge in [-0.15, -0.1) is 0 Å². The number of hydrogen-bond donors (Lipinski definition) is 2. The maximum absolute atomic E-state index is 15.3. The molecule has 1 fully saturated rings. The number of benzene rings is 1. The van der Waals surface area contributed by atoms with Crippen molar-refractivity contribution in [1.82, 2.24) is 9.47 Å². The fourth-order valence-corrected chi connectivity index (χ4v) is 4.29. The van der Waals surface area contributed by atoms with Crippen LogP contribution in [0.25, 0.3) is 10.9 Å². The number of pyridine rings is 1. The van der Waals surface area contributed by atoms with Crippen molar-refractivity contribution in [2.75, 3.05) is 44.5 Å². The minimum absolute atomic E-state index is 0.0946. The van der Waals surface area contributed by atoms with Crippen LogP contribution in [-0.2, 0) is 19.1 Å². The number of aromatic nitrogens is 1. The molecule has 2 aliphatic rings. The van der Waals surface area contributed by atoms with Crippen LogP contribution in [0.2, 0.25) is 0 Å². The highest BCUT2D eigenvalue weighted by atomic mass is 19.1. The lowest BCUT2D eigenvalue weighted by Crippen LogP contribution is -2.49. The molecule has 1 aromatic carbocycles. The number of aliphatic carboxylic acids is 1. The number of carboxylic acid groups (broad SMARTS) is 2. The van der Waals surface area contributed by atoms with E-state index < -0.39 is 54.0 Å². The van der Waals surface area contributed by atoms with E-state index in [0.29, 0.717) is 5.52 Å². The molecule has 1 unspecified atom stereocenters. The number of nitrogens with zero attached hydrogens (tertiary/aromatic N) is 3. The van der Waals surface area contributed by atoms with Crippen molar-refractivity contribution in [3.05, 3.63) is 33.9 Å². The first kappa shape index (κ1) is 25.7. The molecule has 1 saturated heterocycles. The van der Waals surface area contributed by atoms with Crippen LogP contribution in [0.4, 0.5) is 14.9 Å². The number of piperazine rings is 1. The number of aromatic carboxylic acids is 1. The second-order valence-electron chi connectivity index (χ2n) is 8.59. The van der Waals surface area contributed by atoms with Crippen molar-refractivity contribution in [1.29, 1.82) is 0 Å². The summed E-state index contributed by atoms with van der Waals surface area (Å²) in [7, 11) is 0. The molecular weight excluding hydrogens is 497 g/mol. The number of amides is 1. The predicted octanol–water partition coefficient (Wildman–Crippen LogP) is 1.42. The van der Waals surface area contributed by atoms with E-state index in [0.717, 1.165) is 6.07 Å². The smallest absolute Gasteiger partial charge is 0.412 e. The third kappa shape index (κ3) is 5.13. The van der Waals surface area contributed by atoms with Crippen molar-refractivity contribution in [2.24, 2.45) is 0 Å². The lowest BCUT2D eigenvalue weighted by Gasteiger charge is -2.37. The number of hydrogen-bond acceptors (Lipinski definition) is 9. The standard InChI is InChI=1S/C23H24FN3O10/c1-12-10-35-21-18-13(20(31)14(22(32)33)9-27(12)18)8-15(24)19(21)25-4-6-26(7-5-25)23(34)37-11-36-17(30)3-2-16(28)29/h8-9,12H,2-7,10-11H2,1H3,(H,28,29)(H,32,33). The number of ether oxygens (including phenoxy) is 3. The highest BCUT2D eigenvalue weighted by molar-refractivity contribution is 5.97. The molecule has 2 aliphatic heterocycles. The van der Waals surface area contributed by atoms with Crippen LogP contribution in [0.1, 0.15) is 36.2 Å². The topological polar surface area (TPSA) is 165 Å². The van der Waals surface area contributed by atoms with Gasteiger partial charge in [0.1, 0.15) is 17.9 Å². The lowest BCUT2D eigenvalue weighted by molar-refractivity contribution is -0.154. The summed E-state index contributed by atoms with van der Waals surface area (Å²) in [6.45, 7) is 1.93. The molecule has 0 radical (unpaired) electrons. The maximum atomic E-state index is 15.3. The molecule has 3 heterocycles. The summed E-state index contributed by atoms with van der Waals surface area (Å²) >= 11 is 0. The Labute approximate surface area is 208 Å². The minimum atomic E-state index is -1.40. The Morgan fingerprint density at radius 3 is 2.46 bits per heavy atom. The monoisotopic (exact) mass is 521 g/mol. The zero-order valence-corrected chi connectivity index (χ0v) is 19.8. The number of rotatable bonds is 7. The number of esters is 1. The molecule has 1 amide bonds. The van der Waals surface area contributed by atoms with E-state index in [1.54, 1.807) is 16.4 Å². The molecule has 13 nitrogen and oxygen atoms in total. The molecule has 0 saturated carbocycles. The van der Waals surface area contributed by atoms with Gasteiger partial charge in [0.25, 0.3) is 0 Å². The zero-order valence-electron chi connectivity index (χ0n) is 19.8. The van der Waals surface area contributed by atoms with E-state index in [1.807, 2.05) is 0 Å². The largest absolute Gasteiger partial charge is 0.487 e. The number of anilines is 1. The average Bonchev–Trinajstić information content (AvgIpc) is 2.85. The first-order chi connectivity index (χ1) is 17.6. The van der Waals surface area contributed by atoms with Crippen LogP contribution in [0.3, 0.4) is 0 Å². The van der Waals surface area contributed by atoms with E-state index in [4.69, 9.17) is 14.6 Å². The molecule has 1 aromatic heterocycles. The van der Waals surface area contributed by atoms with Crippen molar-refractivity contribution >= 4 is 40.6 Å². The summed E-state index contributed by atoms with van der Waals surface area (Å²) in [6.07, 6.45) is -0.265. The lowest BCUT2D eigenvalue weighted by atomic mass is 10.1. The van der Waals surface area contributed by atoms with Crippen LogP contribution in [0, 0.1) is 5.82 Å². The van der Waals surface area contributed by atoms with E-state index in [9.17, 15) is 29.1 Å². The maximum Gasteiger partial charge on any atom is 0.412 e. The molecule has 37 heavy (non-hydrogen) atoms. The Bertz CT molecular complexity index is 1330. The fraction of sp³-hybridized carbons (Fsp3) is 0.435. The van der Waals surface area contributed by atoms with Crippen molar-refractivity contribution in [3.63, 3.8) is 0 Å². The molecule has 1 atom stereocenters. The molecule has 0 spiro atoms. The van der Waals surface area contributed by atoms with Crippen molar-refractivity contribution in [3.8, 4) is 5.75 Å². The molecule has 2 aromatic rings. The SMILES string of the molecule is CC1COc2c(N3CCN(C(=O)OCOC(=O)CCC(=O)O)CC3)c(F)cc3c(=O)c(C(=O)O)cn1c23. The van der Waals surface area contributed by atoms with Gasteiger partial charge in [0.2, 0.25) is 12.2 Å². The molecule has 198 valence electrons. The van der Waals surface area contributed by atoms with Gasteiger partial charge < -0.3 is 38.8 Å². The number of carboxylic acids is 2. The molecular formula is C23H24FN3O10. The second-order valence-corrected chi connectivity index (χ2v) is 8.59. The third-order valence-corrected chi connectivity index (χ3v) is 6.17. The third-order valence-electron chi connectivity index (χ3n) is 6.17. The van der Waals surface area contributed by atoms with Gasteiger partial charge in [0.15, 0.2) is 11.6 Å². The van der Waals surface area contributed by atoms with E-state index in [1.165, 1.54) is 11.1 Å². The van der Waals surface area contributed by atoms with E-state index >= 15 is 4.39 Å². The number of halogens is 1. The van der Waals surface area contributed by atoms with Crippen LogP contribution in [0.15, 0.2) is 17.1 Å². The van der Waals surface area contributed by atoms with E-state index in [2.05, 4.69) is 4.74 Å². The quantitative estimate of drug-likeness (QED) is 0.400. The summed E-state index contributed by atoms with van der Waals surface area (Å²) in [5.41, 5.74) is -0.855. The van der Waals surface area contributed by atoms with Gasteiger partial charge in [-0.05, 0) is 13.0 Å². The Balaban J connectivity index is 1.48. The summed E-state index contributed by atoms with van der Waals surface area (Å²) in [5, 5.41) is 17.9. The Morgan fingerprint density at radius 1 is 1.11 bits per heavy atom. The highest BCUT2D eigenvalue weighted by Crippen LogP contribution is 2.42. The van der Waals surface area contributed by atoms with E-state index in [-0.39, 0.29) is 62.1 Å². The summed E-state index contributed by atoms with van der Waals surface area (Å²) in [6, 6.07) is 0.719. The molecule has 4 rings (SSSR count). The fourth-order valence-electron chi connectivity index (χ4n) is 4.29. The Morgan fingerprint density at radius 2 is 1.81 bits per heavy atom. The normalized spacial score (nSPS) is 16.8. The van der Waals surface area contributed by atoms with Crippen LogP contribution < -0.4 is 15.1 Å². The molecule has 14 heteroatoms. The van der Waals surface area contributed by atoms with Gasteiger partial charge in [0, 0.05) is 32.4 Å². The van der Waals surface area contributed by atoms with Gasteiger partial charge in [-0.3, -0.25) is 14.4 Å². The molecule has 0 bridgehead atoms. The second kappa shape index (κ2) is 10.3. The van der Waals surface area contributed by atoms with Gasteiger partial charge in [-0.25, -0.2) is 14.0 Å². The van der Waals surface area contributed by atoms with Gasteiger partial charge in [0.05, 0.1) is 29.8 Å². The van der Waals surface area contributed by atoms with Crippen molar-refractivity contribution < 1.29 is 48.0 Å². The Kier molecular flexibility index (Phi) is 7.18. The highest BCUT2D eigenvalue weighted by Gasteiger charge is 2.32. The summed E-state index contributed by atoms with van der Waals surface area (Å²) < 4.78 is 32.3. The predicted molar refractivity (Wildman–Crippen MR) is 123 cm³/mol. The average molecular weight is 521 g/mol. The number of carbonyl (C=O) groups is 4. The first-order valence-corrected chi connectivity index (χ1v) is 11.4. The summed E-state index contributed by atoms with van der Waals surface area (Å²) in [4.78, 5) is 61.4. The van der Waals surface area contributed by atoms with Gasteiger partial charge >= 0.3 is 24.0 Å². The summed E-state index contributed by atoms with van der Waals surface area (Å²) in [5.74, 6) is -4.00. The Hall–Kier alpha value is -4.36. The zero-order chi connectivity index (χ0) is 26.9. The molecule has 0 aliphatic carbocycles. The van der Waals surface area contributed by atoms with Crippen LogP contribution in [-0.4, -0.2) is 83.3 Å². The molecule has 2 N–H and O–H groups in total. The van der Waals surface area contributed by atoms with Crippen LogP contribution in [0.5, 0.6) is 5.75 Å².